The molecule has 2 aromatic rings. The van der Waals surface area contributed by atoms with E-state index in [9.17, 15) is 14.7 Å². The van der Waals surface area contributed by atoms with E-state index in [1.807, 2.05) is 31.2 Å². The molecule has 2 fully saturated rings. The number of hydrogen-bond acceptors (Lipinski definition) is 5. The Morgan fingerprint density at radius 2 is 1.89 bits per heavy atom. The van der Waals surface area contributed by atoms with Gasteiger partial charge in [0.25, 0.3) is 6.01 Å². The normalized spacial score (nSPS) is 24.3. The Hall–Kier alpha value is -2.57. The zero-order chi connectivity index (χ0) is 19.0. The second-order valence-electron chi connectivity index (χ2n) is 7.58. The fourth-order valence-corrected chi connectivity index (χ4v) is 4.33. The number of likely N-dealkylation sites (tertiary alicyclic amines) is 1. The summed E-state index contributed by atoms with van der Waals surface area (Å²) in [6.45, 7) is 3.96. The van der Waals surface area contributed by atoms with E-state index >= 15 is 0 Å². The molecular formula is C20H25N3O4. The minimum absolute atomic E-state index is 0.0550. The third-order valence-electron chi connectivity index (χ3n) is 5.99. The number of rotatable bonds is 3. The van der Waals surface area contributed by atoms with Gasteiger partial charge >= 0.3 is 5.97 Å². The maximum atomic E-state index is 13.0. The van der Waals surface area contributed by atoms with Crippen molar-refractivity contribution >= 4 is 29.0 Å². The molecule has 1 aromatic heterocycles. The summed E-state index contributed by atoms with van der Waals surface area (Å²) in [4.78, 5) is 32.8. The largest absolute Gasteiger partial charge is 0.481 e. The fraction of sp³-hybridized carbons (Fsp3) is 0.550. The van der Waals surface area contributed by atoms with Crippen molar-refractivity contribution in [3.05, 3.63) is 24.3 Å². The van der Waals surface area contributed by atoms with Crippen LogP contribution >= 0.6 is 0 Å². The van der Waals surface area contributed by atoms with Crippen molar-refractivity contribution in [2.75, 3.05) is 24.5 Å². The monoisotopic (exact) mass is 371 g/mol. The Balaban J connectivity index is 1.39. The Morgan fingerprint density at radius 1 is 1.15 bits per heavy atom. The first kappa shape index (κ1) is 17.8. The number of nitrogens with zero attached hydrogens (tertiary/aromatic N) is 3. The number of carbonyl (C=O) groups excluding carboxylic acids is 1. The van der Waals surface area contributed by atoms with E-state index in [0.717, 1.165) is 30.4 Å². The van der Waals surface area contributed by atoms with Crippen LogP contribution in [0.4, 0.5) is 6.01 Å². The van der Waals surface area contributed by atoms with Crippen LogP contribution in [0.15, 0.2) is 28.7 Å². The molecule has 0 bridgehead atoms. The Labute approximate surface area is 157 Å². The first-order valence-corrected chi connectivity index (χ1v) is 9.68. The average molecular weight is 371 g/mol. The summed E-state index contributed by atoms with van der Waals surface area (Å²) in [6, 6.07) is 8.06. The van der Waals surface area contributed by atoms with Crippen molar-refractivity contribution in [1.29, 1.82) is 0 Å². The highest BCUT2D eigenvalue weighted by Crippen LogP contribution is 2.30. The van der Waals surface area contributed by atoms with Crippen molar-refractivity contribution in [3.63, 3.8) is 0 Å². The molecule has 2 aliphatic rings. The summed E-state index contributed by atoms with van der Waals surface area (Å²) >= 11 is 0. The molecular weight excluding hydrogens is 346 g/mol. The van der Waals surface area contributed by atoms with E-state index in [2.05, 4.69) is 9.88 Å². The molecule has 7 nitrogen and oxygen atoms in total. The van der Waals surface area contributed by atoms with Crippen LogP contribution in [0.2, 0.25) is 0 Å². The van der Waals surface area contributed by atoms with Gasteiger partial charge in [-0.15, -0.1) is 0 Å². The molecule has 0 saturated carbocycles. The maximum absolute atomic E-state index is 13.0. The van der Waals surface area contributed by atoms with Crippen molar-refractivity contribution < 1.29 is 19.1 Å². The van der Waals surface area contributed by atoms with E-state index in [1.165, 1.54) is 0 Å². The Morgan fingerprint density at radius 3 is 2.59 bits per heavy atom. The second-order valence-corrected chi connectivity index (χ2v) is 7.58. The number of para-hydroxylation sites is 2. The molecule has 4 rings (SSSR count). The van der Waals surface area contributed by atoms with Crippen molar-refractivity contribution in [2.24, 2.45) is 11.8 Å². The van der Waals surface area contributed by atoms with Gasteiger partial charge in [0.1, 0.15) is 5.52 Å². The molecule has 2 aliphatic heterocycles. The molecule has 3 heterocycles. The van der Waals surface area contributed by atoms with Crippen LogP contribution in [0.3, 0.4) is 0 Å². The summed E-state index contributed by atoms with van der Waals surface area (Å²) in [5, 5.41) is 9.38. The van der Waals surface area contributed by atoms with E-state index in [1.54, 1.807) is 4.90 Å². The van der Waals surface area contributed by atoms with Crippen LogP contribution in [-0.4, -0.2) is 52.5 Å². The zero-order valence-electron chi connectivity index (χ0n) is 15.5. The van der Waals surface area contributed by atoms with E-state index in [-0.39, 0.29) is 17.9 Å². The minimum atomic E-state index is -0.800. The van der Waals surface area contributed by atoms with Crippen LogP contribution in [-0.2, 0) is 9.59 Å². The van der Waals surface area contributed by atoms with Crippen LogP contribution in [0.25, 0.3) is 11.1 Å². The molecule has 2 saturated heterocycles. The predicted molar refractivity (Wildman–Crippen MR) is 100 cm³/mol. The summed E-state index contributed by atoms with van der Waals surface area (Å²) in [5.74, 6) is -1.21. The maximum Gasteiger partial charge on any atom is 0.308 e. The number of carboxylic acid groups (broad SMARTS) is 1. The zero-order valence-corrected chi connectivity index (χ0v) is 15.5. The highest BCUT2D eigenvalue weighted by atomic mass is 16.4. The lowest BCUT2D eigenvalue weighted by atomic mass is 9.87. The molecule has 27 heavy (non-hydrogen) atoms. The molecule has 144 valence electrons. The number of amides is 1. The van der Waals surface area contributed by atoms with Crippen LogP contribution < -0.4 is 4.90 Å². The molecule has 1 N–H and O–H groups in total. The molecule has 0 aliphatic carbocycles. The SMILES string of the molecule is C[C@@H]1[C@H](C(=O)O)CCCN1C(=O)C1CCN(c2nc3ccccc3o2)CC1. The number of benzene rings is 1. The third-order valence-corrected chi connectivity index (χ3v) is 5.99. The second kappa shape index (κ2) is 7.21. The smallest absolute Gasteiger partial charge is 0.308 e. The number of hydrogen-bond donors (Lipinski definition) is 1. The van der Waals surface area contributed by atoms with Crippen molar-refractivity contribution in [3.8, 4) is 0 Å². The summed E-state index contributed by atoms with van der Waals surface area (Å²) < 4.78 is 5.83. The van der Waals surface area contributed by atoms with Gasteiger partial charge < -0.3 is 19.3 Å². The van der Waals surface area contributed by atoms with Crippen LogP contribution in [0.1, 0.15) is 32.6 Å². The quantitative estimate of drug-likeness (QED) is 0.893. The van der Waals surface area contributed by atoms with Gasteiger partial charge in [-0.25, -0.2) is 0 Å². The van der Waals surface area contributed by atoms with E-state index in [4.69, 9.17) is 4.42 Å². The lowest BCUT2D eigenvalue weighted by Gasteiger charge is -2.40. The number of oxazole rings is 1. The standard InChI is InChI=1S/C20H25N3O4/c1-13-15(19(25)26)5-4-10-23(13)18(24)14-8-11-22(12-9-14)20-21-16-6-2-3-7-17(16)27-20/h2-3,6-7,13-15H,4-5,8-12H2,1H3,(H,25,26)/t13-,15-/m1/s1. The average Bonchev–Trinajstić information content (AvgIpc) is 3.12. The first-order chi connectivity index (χ1) is 13.0. The van der Waals surface area contributed by atoms with Gasteiger partial charge in [0.05, 0.1) is 5.92 Å². The molecule has 1 amide bonds. The first-order valence-electron chi connectivity index (χ1n) is 9.68. The molecule has 1 aromatic carbocycles. The lowest BCUT2D eigenvalue weighted by molar-refractivity contribution is -0.150. The highest BCUT2D eigenvalue weighted by Gasteiger charge is 2.38. The molecule has 0 unspecified atom stereocenters. The predicted octanol–water partition coefficient (Wildman–Crippen LogP) is 2.76. The lowest BCUT2D eigenvalue weighted by Crippen LogP contribution is -2.52. The topological polar surface area (TPSA) is 86.9 Å². The van der Waals surface area contributed by atoms with Crippen molar-refractivity contribution in [2.45, 2.75) is 38.6 Å². The number of aromatic nitrogens is 1. The van der Waals surface area contributed by atoms with E-state index < -0.39 is 11.9 Å². The van der Waals surface area contributed by atoms with Gasteiger partial charge in [-0.3, -0.25) is 9.59 Å². The van der Waals surface area contributed by atoms with Gasteiger partial charge in [-0.05, 0) is 44.7 Å². The molecule has 0 spiro atoms. The number of fused-ring (bicyclic) bond motifs is 1. The molecule has 2 atom stereocenters. The Kier molecular flexibility index (Phi) is 4.76. The number of aliphatic carboxylic acids is 1. The third kappa shape index (κ3) is 3.38. The van der Waals surface area contributed by atoms with E-state index in [0.29, 0.717) is 32.1 Å². The number of carboxylic acids is 1. The van der Waals surface area contributed by atoms with Gasteiger partial charge in [0.15, 0.2) is 5.58 Å². The molecule has 7 heteroatoms. The number of carbonyl (C=O) groups is 2. The molecule has 0 radical (unpaired) electrons. The van der Waals surface area contributed by atoms with Gasteiger partial charge in [-0.1, -0.05) is 12.1 Å². The van der Waals surface area contributed by atoms with Crippen LogP contribution in [0, 0.1) is 11.8 Å². The van der Waals surface area contributed by atoms with Gasteiger partial charge in [0, 0.05) is 31.6 Å². The summed E-state index contributed by atoms with van der Waals surface area (Å²) in [6.07, 6.45) is 2.88. The Bertz CT molecular complexity index is 808. The highest BCUT2D eigenvalue weighted by molar-refractivity contribution is 5.81. The van der Waals surface area contributed by atoms with Crippen molar-refractivity contribution in [1.82, 2.24) is 9.88 Å². The fourth-order valence-electron chi connectivity index (χ4n) is 4.33. The summed E-state index contributed by atoms with van der Waals surface area (Å²) in [5.41, 5.74) is 1.61. The van der Waals surface area contributed by atoms with Gasteiger partial charge in [-0.2, -0.15) is 4.98 Å². The minimum Gasteiger partial charge on any atom is -0.481 e. The number of piperidine rings is 2. The van der Waals surface area contributed by atoms with Crippen LogP contribution in [0.5, 0.6) is 0 Å². The summed E-state index contributed by atoms with van der Waals surface area (Å²) in [7, 11) is 0. The number of anilines is 1. The van der Waals surface area contributed by atoms with Gasteiger partial charge in [0.2, 0.25) is 5.91 Å².